The summed E-state index contributed by atoms with van der Waals surface area (Å²) in [6.07, 6.45) is 2.67. The molecule has 1 aliphatic rings. The Morgan fingerprint density at radius 2 is 2.10 bits per heavy atom. The zero-order chi connectivity index (χ0) is 14.7. The molecule has 1 aromatic carbocycles. The summed E-state index contributed by atoms with van der Waals surface area (Å²) in [4.78, 5) is 22.7. The number of aryl methyl sites for hydroxylation is 1. The van der Waals surface area contributed by atoms with E-state index in [2.05, 4.69) is 5.32 Å². The van der Waals surface area contributed by atoms with Gasteiger partial charge in [0.05, 0.1) is 17.1 Å². The topological polar surface area (TPSA) is 92.5 Å². The minimum absolute atomic E-state index is 0.0790. The Bertz CT molecular complexity index is 530. The molecule has 6 heteroatoms. The van der Waals surface area contributed by atoms with Gasteiger partial charge in [0.2, 0.25) is 0 Å². The molecule has 0 spiro atoms. The molecule has 20 heavy (non-hydrogen) atoms. The normalized spacial score (nSPS) is 22.3. The zero-order valence-corrected chi connectivity index (χ0v) is 11.3. The van der Waals surface area contributed by atoms with E-state index in [1.807, 2.05) is 0 Å². The summed E-state index contributed by atoms with van der Waals surface area (Å²) in [5.74, 6) is -0.485. The highest BCUT2D eigenvalue weighted by Gasteiger charge is 2.28. The molecule has 1 amide bonds. The van der Waals surface area contributed by atoms with Crippen LogP contribution >= 0.6 is 0 Å². The van der Waals surface area contributed by atoms with Crippen LogP contribution in [-0.2, 0) is 0 Å². The van der Waals surface area contributed by atoms with Gasteiger partial charge < -0.3 is 10.4 Å². The fourth-order valence-electron chi connectivity index (χ4n) is 2.62. The van der Waals surface area contributed by atoms with Crippen molar-refractivity contribution in [3.8, 4) is 0 Å². The van der Waals surface area contributed by atoms with Gasteiger partial charge in [-0.3, -0.25) is 14.9 Å². The first-order chi connectivity index (χ1) is 9.50. The third kappa shape index (κ3) is 2.96. The van der Waals surface area contributed by atoms with E-state index in [1.54, 1.807) is 19.1 Å². The van der Waals surface area contributed by atoms with Gasteiger partial charge in [0.25, 0.3) is 11.6 Å². The highest BCUT2D eigenvalue weighted by Crippen LogP contribution is 2.23. The second-order valence-corrected chi connectivity index (χ2v) is 5.16. The zero-order valence-electron chi connectivity index (χ0n) is 11.3. The van der Waals surface area contributed by atoms with Crippen molar-refractivity contribution in [2.24, 2.45) is 0 Å². The predicted molar refractivity (Wildman–Crippen MR) is 73.6 cm³/mol. The Balaban J connectivity index is 2.23. The van der Waals surface area contributed by atoms with Crippen LogP contribution in [0.5, 0.6) is 0 Å². The molecule has 0 aliphatic heterocycles. The molecule has 1 saturated carbocycles. The Kier molecular flexibility index (Phi) is 4.34. The summed E-state index contributed by atoms with van der Waals surface area (Å²) in [5, 5.41) is 23.6. The van der Waals surface area contributed by atoms with Crippen LogP contribution in [0.3, 0.4) is 0 Å². The molecular weight excluding hydrogens is 260 g/mol. The van der Waals surface area contributed by atoms with Gasteiger partial charge in [-0.25, -0.2) is 0 Å². The van der Waals surface area contributed by atoms with E-state index in [-0.39, 0.29) is 17.3 Å². The van der Waals surface area contributed by atoms with Gasteiger partial charge in [0.15, 0.2) is 0 Å². The Morgan fingerprint density at radius 1 is 1.40 bits per heavy atom. The number of aliphatic hydroxyl groups excluding tert-OH is 1. The van der Waals surface area contributed by atoms with Crippen molar-refractivity contribution >= 4 is 11.6 Å². The lowest BCUT2D eigenvalue weighted by Gasteiger charge is -2.28. The molecule has 0 unspecified atom stereocenters. The molecule has 1 aromatic rings. The van der Waals surface area contributed by atoms with Crippen molar-refractivity contribution in [2.75, 3.05) is 0 Å². The van der Waals surface area contributed by atoms with Crippen LogP contribution in [0.1, 0.15) is 41.6 Å². The van der Waals surface area contributed by atoms with E-state index in [4.69, 9.17) is 0 Å². The van der Waals surface area contributed by atoms with Gasteiger partial charge >= 0.3 is 0 Å². The smallest absolute Gasteiger partial charge is 0.282 e. The maximum Gasteiger partial charge on any atom is 0.282 e. The fraction of sp³-hybridized carbons (Fsp3) is 0.500. The maximum atomic E-state index is 12.3. The largest absolute Gasteiger partial charge is 0.391 e. The molecule has 2 atom stereocenters. The minimum atomic E-state index is -0.573. The van der Waals surface area contributed by atoms with Gasteiger partial charge in [0, 0.05) is 6.07 Å². The van der Waals surface area contributed by atoms with Crippen molar-refractivity contribution in [1.82, 2.24) is 5.32 Å². The molecule has 0 bridgehead atoms. The van der Waals surface area contributed by atoms with Crippen LogP contribution in [0.4, 0.5) is 5.69 Å². The van der Waals surface area contributed by atoms with E-state index in [1.165, 1.54) is 6.07 Å². The van der Waals surface area contributed by atoms with E-state index in [9.17, 15) is 20.0 Å². The van der Waals surface area contributed by atoms with Crippen molar-refractivity contribution < 1.29 is 14.8 Å². The molecule has 0 radical (unpaired) electrons. The Morgan fingerprint density at radius 3 is 2.75 bits per heavy atom. The molecule has 1 fully saturated rings. The predicted octanol–water partition coefficient (Wildman–Crippen LogP) is 1.94. The van der Waals surface area contributed by atoms with Gasteiger partial charge in [-0.1, -0.05) is 25.0 Å². The lowest BCUT2D eigenvalue weighted by Crippen LogP contribution is -2.45. The monoisotopic (exact) mass is 278 g/mol. The maximum absolute atomic E-state index is 12.3. The summed E-state index contributed by atoms with van der Waals surface area (Å²) >= 11 is 0. The number of nitrogens with zero attached hydrogens (tertiary/aromatic N) is 1. The van der Waals surface area contributed by atoms with Crippen LogP contribution in [0.2, 0.25) is 0 Å². The summed E-state index contributed by atoms with van der Waals surface area (Å²) in [7, 11) is 0. The quantitative estimate of drug-likeness (QED) is 0.652. The highest BCUT2D eigenvalue weighted by molar-refractivity contribution is 5.99. The molecule has 2 rings (SSSR count). The number of nitro benzene ring substituents is 1. The van der Waals surface area contributed by atoms with Crippen molar-refractivity contribution in [3.63, 3.8) is 0 Å². The number of rotatable bonds is 3. The molecule has 0 saturated heterocycles. The van der Waals surface area contributed by atoms with E-state index in [0.717, 1.165) is 12.8 Å². The van der Waals surface area contributed by atoms with E-state index < -0.39 is 16.9 Å². The van der Waals surface area contributed by atoms with Crippen LogP contribution in [-0.4, -0.2) is 28.1 Å². The average Bonchev–Trinajstić information content (AvgIpc) is 2.40. The number of amides is 1. The van der Waals surface area contributed by atoms with Gasteiger partial charge in [0.1, 0.15) is 5.56 Å². The third-order valence-electron chi connectivity index (χ3n) is 3.72. The summed E-state index contributed by atoms with van der Waals surface area (Å²) in [6.45, 7) is 1.67. The van der Waals surface area contributed by atoms with Gasteiger partial charge in [-0.2, -0.15) is 0 Å². The molecular formula is C14H18N2O4. The lowest BCUT2D eigenvalue weighted by atomic mass is 9.92. The van der Waals surface area contributed by atoms with Crippen molar-refractivity contribution in [1.29, 1.82) is 0 Å². The summed E-state index contributed by atoms with van der Waals surface area (Å²) < 4.78 is 0. The second-order valence-electron chi connectivity index (χ2n) is 5.16. The van der Waals surface area contributed by atoms with Crippen LogP contribution < -0.4 is 5.32 Å². The summed E-state index contributed by atoms with van der Waals surface area (Å²) in [6, 6.07) is 4.22. The second kappa shape index (κ2) is 6.00. The van der Waals surface area contributed by atoms with Crippen LogP contribution in [0.15, 0.2) is 18.2 Å². The summed E-state index contributed by atoms with van der Waals surface area (Å²) in [5.41, 5.74) is 0.435. The highest BCUT2D eigenvalue weighted by atomic mass is 16.6. The van der Waals surface area contributed by atoms with Gasteiger partial charge in [-0.15, -0.1) is 0 Å². The number of nitrogens with one attached hydrogen (secondary N) is 1. The number of hydrogen-bond acceptors (Lipinski definition) is 4. The van der Waals surface area contributed by atoms with E-state index in [0.29, 0.717) is 18.4 Å². The molecule has 1 aliphatic carbocycles. The minimum Gasteiger partial charge on any atom is -0.391 e. The number of hydrogen-bond donors (Lipinski definition) is 2. The standard InChI is InChI=1S/C14H18N2O4/c1-9-5-4-7-11(16(19)20)13(9)14(18)15-10-6-2-3-8-12(10)17/h4-5,7,10,12,17H,2-3,6,8H2,1H3,(H,15,18)/t10-,12-/m1/s1. The average molecular weight is 278 g/mol. The number of nitro groups is 1. The Hall–Kier alpha value is -1.95. The first-order valence-corrected chi connectivity index (χ1v) is 6.73. The number of carbonyl (C=O) groups excluding carboxylic acids is 1. The first-order valence-electron chi connectivity index (χ1n) is 6.73. The number of benzene rings is 1. The van der Waals surface area contributed by atoms with Crippen LogP contribution in [0.25, 0.3) is 0 Å². The molecule has 6 nitrogen and oxygen atoms in total. The fourth-order valence-corrected chi connectivity index (χ4v) is 2.62. The van der Waals surface area contributed by atoms with Crippen LogP contribution in [0, 0.1) is 17.0 Å². The molecule has 0 heterocycles. The Labute approximate surface area is 117 Å². The third-order valence-corrected chi connectivity index (χ3v) is 3.72. The first kappa shape index (κ1) is 14.5. The van der Waals surface area contributed by atoms with Crippen molar-refractivity contribution in [2.45, 2.75) is 44.8 Å². The molecule has 108 valence electrons. The SMILES string of the molecule is Cc1cccc([N+](=O)[O-])c1C(=O)N[C@@H]1CCCC[C@H]1O. The van der Waals surface area contributed by atoms with Gasteiger partial charge in [-0.05, 0) is 25.3 Å². The van der Waals surface area contributed by atoms with Crippen molar-refractivity contribution in [3.05, 3.63) is 39.4 Å². The van der Waals surface area contributed by atoms with E-state index >= 15 is 0 Å². The number of aliphatic hydroxyl groups is 1. The lowest BCUT2D eigenvalue weighted by molar-refractivity contribution is -0.385. The molecule has 2 N–H and O–H groups in total. The number of carbonyl (C=O) groups is 1. The molecule has 0 aromatic heterocycles.